The Morgan fingerprint density at radius 3 is 2.32 bits per heavy atom. The van der Waals surface area contributed by atoms with Gasteiger partial charge in [0.1, 0.15) is 4.90 Å². The van der Waals surface area contributed by atoms with Crippen molar-refractivity contribution in [3.63, 3.8) is 0 Å². The lowest BCUT2D eigenvalue weighted by molar-refractivity contribution is -0.136. The lowest BCUT2D eigenvalue weighted by Crippen LogP contribution is -2.26. The summed E-state index contributed by atoms with van der Waals surface area (Å²) in [6.07, 6.45) is -0.257. The first-order valence-electron chi connectivity index (χ1n) is 8.08. The summed E-state index contributed by atoms with van der Waals surface area (Å²) in [5.41, 5.74) is 0.796. The van der Waals surface area contributed by atoms with E-state index >= 15 is 0 Å². The van der Waals surface area contributed by atoms with E-state index < -0.39 is 21.8 Å². The number of halogens is 3. The van der Waals surface area contributed by atoms with Gasteiger partial charge in [-0.1, -0.05) is 40.9 Å². The predicted molar refractivity (Wildman–Crippen MR) is 108 cm³/mol. The van der Waals surface area contributed by atoms with Gasteiger partial charge in [-0.3, -0.25) is 9.59 Å². The molecule has 0 aliphatic heterocycles. The molecule has 0 aliphatic carbocycles. The Balaban J connectivity index is 2.12. The molecule has 0 bridgehead atoms. The molecule has 0 spiro atoms. The molecule has 0 fully saturated rings. The molecule has 10 heteroatoms. The topological polar surface area (TPSA) is 101 Å². The van der Waals surface area contributed by atoms with Gasteiger partial charge in [-0.05, 0) is 42.3 Å². The molecule has 0 saturated heterocycles. The molecular weight excluding hydrogens is 449 g/mol. The normalized spacial score (nSPS) is 11.4. The zero-order chi connectivity index (χ0) is 20.9. The third-order valence-electron chi connectivity index (χ3n) is 3.81. The zero-order valence-corrected chi connectivity index (χ0v) is 17.5. The van der Waals surface area contributed by atoms with Crippen LogP contribution in [0.25, 0.3) is 0 Å². The minimum atomic E-state index is -3.99. The molecule has 150 valence electrons. The van der Waals surface area contributed by atoms with Gasteiger partial charge in [0.15, 0.2) is 5.78 Å². The van der Waals surface area contributed by atoms with Crippen LogP contribution in [0.15, 0.2) is 41.3 Å². The average molecular weight is 465 g/mol. The summed E-state index contributed by atoms with van der Waals surface area (Å²) in [7, 11) is -3.99. The Bertz CT molecular complexity index is 1010. The van der Waals surface area contributed by atoms with E-state index in [9.17, 15) is 18.0 Å². The highest BCUT2D eigenvalue weighted by Gasteiger charge is 2.20. The van der Waals surface area contributed by atoms with Gasteiger partial charge in [0.2, 0.25) is 10.0 Å². The molecule has 0 atom stereocenters. The second-order valence-corrected chi connectivity index (χ2v) is 8.83. The molecule has 2 N–H and O–H groups in total. The van der Waals surface area contributed by atoms with Crippen molar-refractivity contribution in [2.24, 2.45) is 0 Å². The quantitative estimate of drug-likeness (QED) is 0.541. The van der Waals surface area contributed by atoms with E-state index in [-0.39, 0.29) is 34.9 Å². The fourth-order valence-corrected chi connectivity index (χ4v) is 4.43. The number of carboxylic acid groups (broad SMARTS) is 1. The fourth-order valence-electron chi connectivity index (χ4n) is 2.37. The van der Waals surface area contributed by atoms with Gasteiger partial charge < -0.3 is 5.11 Å². The van der Waals surface area contributed by atoms with Gasteiger partial charge in [-0.15, -0.1) is 0 Å². The van der Waals surface area contributed by atoms with Crippen LogP contribution in [0.2, 0.25) is 15.1 Å². The van der Waals surface area contributed by atoms with Gasteiger partial charge in [-0.2, -0.15) is 0 Å². The first kappa shape index (κ1) is 22.6. The fraction of sp³-hybridized carbons (Fsp3) is 0.222. The van der Waals surface area contributed by atoms with Crippen molar-refractivity contribution in [1.29, 1.82) is 0 Å². The summed E-state index contributed by atoms with van der Waals surface area (Å²) >= 11 is 17.9. The number of hydrogen-bond donors (Lipinski definition) is 2. The number of nitrogens with one attached hydrogen (secondary N) is 1. The standard InChI is InChI=1S/C18H16Cl3NO5S/c19-13-3-1-11(15(21)10-13)7-8-22-28(26,27)17-9-12(2-4-14(17)20)16(23)5-6-18(24)25/h1-4,9-10,22H,5-8H2,(H,24,25). The number of Topliss-reactive ketones (excluding diaryl/α,β-unsaturated/α-hetero) is 1. The number of carboxylic acids is 1. The van der Waals surface area contributed by atoms with Crippen LogP contribution < -0.4 is 4.72 Å². The molecule has 0 saturated carbocycles. The Kier molecular flexibility index (Phi) is 7.86. The lowest BCUT2D eigenvalue weighted by Gasteiger charge is -2.11. The first-order valence-corrected chi connectivity index (χ1v) is 10.7. The number of aliphatic carboxylic acids is 1. The molecule has 0 heterocycles. The molecule has 28 heavy (non-hydrogen) atoms. The van der Waals surface area contributed by atoms with E-state index in [0.717, 1.165) is 11.6 Å². The molecule has 0 unspecified atom stereocenters. The van der Waals surface area contributed by atoms with Crippen LogP contribution in [0, 0.1) is 0 Å². The summed E-state index contributed by atoms with van der Waals surface area (Å²) in [5.74, 6) is -1.60. The molecule has 2 aromatic carbocycles. The number of benzene rings is 2. The number of carbonyl (C=O) groups is 2. The van der Waals surface area contributed by atoms with Gasteiger partial charge in [0.25, 0.3) is 0 Å². The molecule has 0 aromatic heterocycles. The van der Waals surface area contributed by atoms with Crippen LogP contribution in [0.3, 0.4) is 0 Å². The van der Waals surface area contributed by atoms with Gasteiger partial charge in [0, 0.05) is 28.6 Å². The van der Waals surface area contributed by atoms with E-state index in [1.165, 1.54) is 12.1 Å². The van der Waals surface area contributed by atoms with Crippen LogP contribution >= 0.6 is 34.8 Å². The maximum atomic E-state index is 12.6. The molecule has 0 radical (unpaired) electrons. The third-order valence-corrected chi connectivity index (χ3v) is 6.34. The number of carbonyl (C=O) groups excluding carboxylic acids is 1. The molecule has 2 aromatic rings. The average Bonchev–Trinajstić information content (AvgIpc) is 2.61. The summed E-state index contributed by atoms with van der Waals surface area (Å²) in [6, 6.07) is 8.72. The summed E-state index contributed by atoms with van der Waals surface area (Å²) in [5, 5.41) is 9.52. The number of ketones is 1. The predicted octanol–water partition coefficient (Wildman–Crippen LogP) is 4.22. The summed E-state index contributed by atoms with van der Waals surface area (Å²) in [4.78, 5) is 22.4. The van der Waals surface area contributed by atoms with Crippen LogP contribution in [0.1, 0.15) is 28.8 Å². The Hall–Kier alpha value is -1.64. The second-order valence-electron chi connectivity index (χ2n) is 5.85. The van der Waals surface area contributed by atoms with Crippen molar-refractivity contribution in [1.82, 2.24) is 4.72 Å². The van der Waals surface area contributed by atoms with Crippen molar-refractivity contribution in [3.05, 3.63) is 62.6 Å². The van der Waals surface area contributed by atoms with Crippen LogP contribution in [-0.4, -0.2) is 31.8 Å². The smallest absolute Gasteiger partial charge is 0.303 e. The van der Waals surface area contributed by atoms with E-state index in [1.807, 2.05) is 0 Å². The number of sulfonamides is 1. The minimum Gasteiger partial charge on any atom is -0.481 e. The molecular formula is C18H16Cl3NO5S. The third kappa shape index (κ3) is 6.18. The summed E-state index contributed by atoms with van der Waals surface area (Å²) < 4.78 is 27.5. The highest BCUT2D eigenvalue weighted by molar-refractivity contribution is 7.89. The Labute approximate surface area is 177 Å². The van der Waals surface area contributed by atoms with E-state index in [2.05, 4.69) is 4.72 Å². The maximum Gasteiger partial charge on any atom is 0.303 e. The SMILES string of the molecule is O=C(O)CCC(=O)c1ccc(Cl)c(S(=O)(=O)NCCc2ccc(Cl)cc2Cl)c1. The van der Waals surface area contributed by atoms with Crippen molar-refractivity contribution < 1.29 is 23.1 Å². The number of rotatable bonds is 9. The van der Waals surface area contributed by atoms with E-state index in [0.29, 0.717) is 16.5 Å². The van der Waals surface area contributed by atoms with Crippen molar-refractivity contribution in [2.45, 2.75) is 24.2 Å². The molecule has 0 aliphatic rings. The molecule has 2 rings (SSSR count). The molecule has 6 nitrogen and oxygen atoms in total. The minimum absolute atomic E-state index is 0.0493. The van der Waals surface area contributed by atoms with Crippen molar-refractivity contribution in [2.75, 3.05) is 6.54 Å². The Morgan fingerprint density at radius 2 is 1.68 bits per heavy atom. The van der Waals surface area contributed by atoms with Gasteiger partial charge in [0.05, 0.1) is 11.4 Å². The first-order chi connectivity index (χ1) is 13.1. The summed E-state index contributed by atoms with van der Waals surface area (Å²) in [6.45, 7) is 0.0528. The Morgan fingerprint density at radius 1 is 0.964 bits per heavy atom. The molecule has 0 amide bonds. The lowest BCUT2D eigenvalue weighted by atomic mass is 10.1. The largest absolute Gasteiger partial charge is 0.481 e. The van der Waals surface area contributed by atoms with Crippen LogP contribution in [0.5, 0.6) is 0 Å². The second kappa shape index (κ2) is 9.71. The van der Waals surface area contributed by atoms with E-state index in [1.54, 1.807) is 18.2 Å². The van der Waals surface area contributed by atoms with Crippen molar-refractivity contribution in [3.8, 4) is 0 Å². The van der Waals surface area contributed by atoms with Gasteiger partial charge >= 0.3 is 5.97 Å². The van der Waals surface area contributed by atoms with E-state index in [4.69, 9.17) is 39.9 Å². The van der Waals surface area contributed by atoms with Crippen molar-refractivity contribution >= 4 is 56.6 Å². The maximum absolute atomic E-state index is 12.6. The highest BCUT2D eigenvalue weighted by Crippen LogP contribution is 2.24. The van der Waals surface area contributed by atoms with Crippen LogP contribution in [0.4, 0.5) is 0 Å². The monoisotopic (exact) mass is 463 g/mol. The van der Waals surface area contributed by atoms with Gasteiger partial charge in [-0.25, -0.2) is 13.1 Å². The highest BCUT2D eigenvalue weighted by atomic mass is 35.5. The number of hydrogen-bond acceptors (Lipinski definition) is 4. The zero-order valence-electron chi connectivity index (χ0n) is 14.4. The van der Waals surface area contributed by atoms with Crippen LogP contribution in [-0.2, 0) is 21.2 Å².